The lowest BCUT2D eigenvalue weighted by Crippen LogP contribution is -2.12. The number of rotatable bonds is 9. The predicted octanol–water partition coefficient (Wildman–Crippen LogP) is 24.3. The van der Waals surface area contributed by atoms with Crippen LogP contribution in [0, 0.1) is 47.5 Å². The largest absolute Gasteiger partial charge is 0.305 e. The zero-order valence-corrected chi connectivity index (χ0v) is 56.6. The van der Waals surface area contributed by atoms with Crippen LogP contribution >= 0.6 is 0 Å². The van der Waals surface area contributed by atoms with E-state index in [1.54, 1.807) is 0 Å². The van der Waals surface area contributed by atoms with Crippen molar-refractivity contribution in [1.29, 1.82) is 0 Å². The third-order valence-electron chi connectivity index (χ3n) is 14.7. The van der Waals surface area contributed by atoms with Gasteiger partial charge in [-0.05, 0) is 202 Å². The second-order valence-electron chi connectivity index (χ2n) is 22.2. The van der Waals surface area contributed by atoms with E-state index in [0.717, 1.165) is 42.6 Å². The molecule has 0 fully saturated rings. The fourth-order valence-electron chi connectivity index (χ4n) is 10.1. The second-order valence-corrected chi connectivity index (χ2v) is 22.2. The van der Waals surface area contributed by atoms with Crippen molar-refractivity contribution in [2.45, 2.75) is 123 Å². The van der Waals surface area contributed by atoms with Gasteiger partial charge in [0.1, 0.15) is 0 Å². The Morgan fingerprint density at radius 1 is 0.534 bits per heavy atom. The summed E-state index contributed by atoms with van der Waals surface area (Å²) in [5, 5.41) is 0. The Bertz CT molecular complexity index is 3580. The zero-order valence-electron chi connectivity index (χ0n) is 56.6. The normalized spacial score (nSPS) is 11.7. The molecule has 2 heteroatoms. The molecule has 9 aromatic carbocycles. The molecule has 2 aliphatic rings. The van der Waals surface area contributed by atoms with E-state index in [0.29, 0.717) is 5.92 Å². The SMILES string of the molecule is C=C(C)c1ccccc1.C=Cc1ccccc1.C=NC(=C)c1cccc(C)c1.CC.CC.CC1=CC(C)CC=C1c1c(C)ccc(C)c1-c1ccccc1C.CCc1ccccc1.Cc1ccc2c(c1)-c1cccc(CN(C)C)c1C2.Cc1ccccc1. The number of nitrogens with zero attached hydrogens (tertiary/aromatic N) is 2. The van der Waals surface area contributed by atoms with Gasteiger partial charge in [0.15, 0.2) is 0 Å². The van der Waals surface area contributed by atoms with E-state index in [1.165, 1.54) is 106 Å². The topological polar surface area (TPSA) is 15.6 Å². The smallest absolute Gasteiger partial charge is 0.0623 e. The van der Waals surface area contributed by atoms with Crippen LogP contribution in [-0.4, -0.2) is 25.7 Å². The van der Waals surface area contributed by atoms with Crippen LogP contribution < -0.4 is 0 Å². The summed E-state index contributed by atoms with van der Waals surface area (Å²) in [5.74, 6) is 0.644. The summed E-state index contributed by atoms with van der Waals surface area (Å²) in [6.45, 7) is 45.3. The molecule has 88 heavy (non-hydrogen) atoms. The monoisotopic (exact) mass is 1160 g/mol. The number of benzene rings is 9. The van der Waals surface area contributed by atoms with Crippen molar-refractivity contribution in [1.82, 2.24) is 4.90 Å². The first kappa shape index (κ1) is 73.6. The highest BCUT2D eigenvalue weighted by atomic mass is 15.0. The Balaban J connectivity index is 0.000000278. The van der Waals surface area contributed by atoms with Gasteiger partial charge in [0.2, 0.25) is 0 Å². The van der Waals surface area contributed by atoms with Crippen LogP contribution in [0.2, 0.25) is 0 Å². The van der Waals surface area contributed by atoms with Crippen molar-refractivity contribution in [3.05, 3.63) is 334 Å². The Hall–Kier alpha value is -8.69. The Morgan fingerprint density at radius 3 is 1.53 bits per heavy atom. The molecule has 9 aromatic rings. The maximum atomic E-state index is 3.83. The van der Waals surface area contributed by atoms with Crippen LogP contribution in [0.5, 0.6) is 0 Å². The standard InChI is InChI=1S/C23H26.C17H19N.C10H11N.C9H10.C8H10.C8H8.C7H8.2C2H6/c1-15-10-13-21(19(5)14-15)23-18(4)12-11-17(3)22(23)20-9-7-6-8-16(20)2;1-12-7-8-13-10-17-14(11-18(2)3)5-4-6-15(17)16(13)9-12;1-8-5-4-6-10(7-8)9(2)11-3;1-8(2)9-6-4-3-5-7-9;2*1-2-8-6-4-3-5-7-8;1-7-5-3-2-4-6-7;2*1-2/h6-9,11-15H,10H2,1-5H3;4-9H,10-11H2,1-3H3;4-7H,2-3H2,1H3;3-7H,1H2,2H3;3-7H,2H2,1H3;2-7H,1H2;2-6H,1H3;2*1-2H3. The van der Waals surface area contributed by atoms with E-state index in [2.05, 4.69) is 239 Å². The number of aliphatic imine (C=N–C) groups is 1. The summed E-state index contributed by atoms with van der Waals surface area (Å²) < 4.78 is 0. The van der Waals surface area contributed by atoms with E-state index in [-0.39, 0.29) is 0 Å². The van der Waals surface area contributed by atoms with Gasteiger partial charge in [-0.25, -0.2) is 0 Å². The quantitative estimate of drug-likeness (QED) is 0.132. The Kier molecular flexibility index (Phi) is 34.0. The molecular formula is C86H104N2. The van der Waals surface area contributed by atoms with Crippen LogP contribution in [0.3, 0.4) is 0 Å². The second kappa shape index (κ2) is 40.6. The lowest BCUT2D eigenvalue weighted by atomic mass is 9.81. The van der Waals surface area contributed by atoms with E-state index in [4.69, 9.17) is 0 Å². The van der Waals surface area contributed by atoms with E-state index in [9.17, 15) is 0 Å². The lowest BCUT2D eigenvalue weighted by Gasteiger charge is -2.24. The number of hydrogen-bond donors (Lipinski definition) is 0. The fraction of sp³-hybridized carbons (Fsp3) is 0.244. The maximum absolute atomic E-state index is 3.83. The molecule has 0 N–H and O–H groups in total. The van der Waals surface area contributed by atoms with Crippen molar-refractivity contribution < 1.29 is 0 Å². The highest BCUT2D eigenvalue weighted by Gasteiger charge is 2.22. The highest BCUT2D eigenvalue weighted by molar-refractivity contribution is 5.92. The Morgan fingerprint density at radius 2 is 1.05 bits per heavy atom. The summed E-state index contributed by atoms with van der Waals surface area (Å²) in [4.78, 5) is 6.00. The molecule has 0 aliphatic heterocycles. The van der Waals surface area contributed by atoms with Gasteiger partial charge in [0.05, 0.1) is 5.70 Å². The number of aryl methyl sites for hydroxylation is 7. The van der Waals surface area contributed by atoms with Crippen molar-refractivity contribution in [2.75, 3.05) is 14.1 Å². The average molecular weight is 1170 g/mol. The first-order valence-corrected chi connectivity index (χ1v) is 31.5. The molecule has 0 saturated carbocycles. The molecule has 458 valence electrons. The summed E-state index contributed by atoms with van der Waals surface area (Å²) in [7, 11) is 4.26. The van der Waals surface area contributed by atoms with Crippen LogP contribution in [0.15, 0.2) is 261 Å². The van der Waals surface area contributed by atoms with Gasteiger partial charge >= 0.3 is 0 Å². The molecule has 0 amide bonds. The summed E-state index contributed by atoms with van der Waals surface area (Å²) >= 11 is 0. The minimum Gasteiger partial charge on any atom is -0.305 e. The van der Waals surface area contributed by atoms with Gasteiger partial charge in [-0.3, -0.25) is 4.99 Å². The average Bonchev–Trinajstić information content (AvgIpc) is 2.47. The molecule has 1 atom stereocenters. The van der Waals surface area contributed by atoms with Crippen LogP contribution in [0.4, 0.5) is 0 Å². The number of allylic oxidation sites excluding steroid dienone is 5. The van der Waals surface area contributed by atoms with Crippen LogP contribution in [0.25, 0.3) is 45.2 Å². The molecule has 1 unspecified atom stereocenters. The molecular weight excluding hydrogens is 1060 g/mol. The molecule has 2 aliphatic carbocycles. The molecule has 2 nitrogen and oxygen atoms in total. The fourth-order valence-corrected chi connectivity index (χ4v) is 10.1. The summed E-state index contributed by atoms with van der Waals surface area (Å²) in [6, 6.07) is 75.7. The molecule has 11 rings (SSSR count). The van der Waals surface area contributed by atoms with Crippen molar-refractivity contribution in [3.63, 3.8) is 0 Å². The number of hydrogen-bond acceptors (Lipinski definition) is 2. The first-order chi connectivity index (χ1) is 42.4. The van der Waals surface area contributed by atoms with Crippen LogP contribution in [0.1, 0.15) is 140 Å². The first-order valence-electron chi connectivity index (χ1n) is 31.5. The van der Waals surface area contributed by atoms with Crippen LogP contribution in [-0.2, 0) is 19.4 Å². The van der Waals surface area contributed by atoms with E-state index in [1.807, 2.05) is 145 Å². The van der Waals surface area contributed by atoms with Gasteiger partial charge in [0, 0.05) is 6.54 Å². The summed E-state index contributed by atoms with van der Waals surface area (Å²) in [5.41, 5.74) is 29.0. The van der Waals surface area contributed by atoms with Crippen molar-refractivity contribution >= 4 is 29.6 Å². The third-order valence-corrected chi connectivity index (χ3v) is 14.7. The Labute approximate surface area is 535 Å². The van der Waals surface area contributed by atoms with Gasteiger partial charge in [0.25, 0.3) is 0 Å². The molecule has 0 heterocycles. The van der Waals surface area contributed by atoms with Gasteiger partial charge < -0.3 is 4.90 Å². The highest BCUT2D eigenvalue weighted by Crippen LogP contribution is 2.41. The zero-order chi connectivity index (χ0) is 65.0. The summed E-state index contributed by atoms with van der Waals surface area (Å²) in [6.07, 6.45) is 10.0. The maximum Gasteiger partial charge on any atom is 0.0623 e. The van der Waals surface area contributed by atoms with Gasteiger partial charge in [-0.2, -0.15) is 0 Å². The van der Waals surface area contributed by atoms with Gasteiger partial charge in [-0.15, -0.1) is 0 Å². The third kappa shape index (κ3) is 24.6. The van der Waals surface area contributed by atoms with Crippen molar-refractivity contribution in [3.8, 4) is 22.3 Å². The predicted molar refractivity (Wildman–Crippen MR) is 396 cm³/mol. The van der Waals surface area contributed by atoms with Crippen molar-refractivity contribution in [2.24, 2.45) is 10.9 Å². The molecule has 0 aromatic heterocycles. The number of fused-ring (bicyclic) bond motifs is 3. The minimum absolute atomic E-state index is 0.644. The lowest BCUT2D eigenvalue weighted by molar-refractivity contribution is 0.401. The van der Waals surface area contributed by atoms with Gasteiger partial charge in [-0.1, -0.05) is 314 Å². The molecule has 0 bridgehead atoms. The van der Waals surface area contributed by atoms with E-state index < -0.39 is 0 Å². The molecule has 0 saturated heterocycles. The molecule has 0 spiro atoms. The molecule has 0 radical (unpaired) electrons. The van der Waals surface area contributed by atoms with E-state index >= 15 is 0 Å². The minimum atomic E-state index is 0.644.